The van der Waals surface area contributed by atoms with Crippen molar-refractivity contribution in [1.29, 1.82) is 0 Å². The predicted molar refractivity (Wildman–Crippen MR) is 141 cm³/mol. The smallest absolute Gasteiger partial charge is 0.342 e. The Hall–Kier alpha value is -2.70. The van der Waals surface area contributed by atoms with Crippen molar-refractivity contribution >= 4 is 23.1 Å². The van der Waals surface area contributed by atoms with Crippen molar-refractivity contribution in [2.24, 2.45) is 0 Å². The van der Waals surface area contributed by atoms with Crippen molar-refractivity contribution in [3.63, 3.8) is 0 Å². The molecule has 1 atom stereocenters. The van der Waals surface area contributed by atoms with E-state index in [2.05, 4.69) is 35.8 Å². The van der Waals surface area contributed by atoms with Crippen LogP contribution in [0.2, 0.25) is 0 Å². The molecule has 6 heteroatoms. The standard InChI is InChI=1S/C28H35N3O2S/c1-5-23-12-13-24(34-23)19-30(6-2)22-15-17-31(18-22)27-26(28(32)33-20(3)4)25(14-16-29-27)21-10-8-7-9-11-21/h7-14,16,20,22H,5-6,15,17-19H2,1-4H3/t22-/m1/s1. The van der Waals surface area contributed by atoms with Gasteiger partial charge in [0.25, 0.3) is 0 Å². The number of hydrogen-bond acceptors (Lipinski definition) is 6. The van der Waals surface area contributed by atoms with E-state index in [1.807, 2.05) is 67.8 Å². The van der Waals surface area contributed by atoms with Crippen LogP contribution in [-0.4, -0.2) is 47.6 Å². The first-order chi connectivity index (χ1) is 16.5. The number of aryl methyl sites for hydroxylation is 1. The van der Waals surface area contributed by atoms with Crippen LogP contribution >= 0.6 is 11.3 Å². The first kappa shape index (κ1) is 24.4. The van der Waals surface area contributed by atoms with Gasteiger partial charge < -0.3 is 9.64 Å². The third-order valence-corrected chi connectivity index (χ3v) is 7.59. The van der Waals surface area contributed by atoms with E-state index in [4.69, 9.17) is 9.72 Å². The molecule has 0 spiro atoms. The van der Waals surface area contributed by atoms with E-state index in [0.717, 1.165) is 56.0 Å². The number of carbonyl (C=O) groups excluding carboxylic acids is 1. The Kier molecular flexibility index (Phi) is 8.01. The molecule has 34 heavy (non-hydrogen) atoms. The van der Waals surface area contributed by atoms with Gasteiger partial charge in [0.2, 0.25) is 0 Å². The topological polar surface area (TPSA) is 45.7 Å². The Labute approximate surface area is 207 Å². The van der Waals surface area contributed by atoms with Gasteiger partial charge in [0.05, 0.1) is 6.10 Å². The summed E-state index contributed by atoms with van der Waals surface area (Å²) in [6.45, 7) is 11.9. The van der Waals surface area contributed by atoms with Crippen LogP contribution in [-0.2, 0) is 17.7 Å². The molecule has 0 radical (unpaired) electrons. The van der Waals surface area contributed by atoms with Gasteiger partial charge in [0.15, 0.2) is 0 Å². The van der Waals surface area contributed by atoms with Gasteiger partial charge in [-0.15, -0.1) is 11.3 Å². The maximum Gasteiger partial charge on any atom is 0.342 e. The molecule has 0 unspecified atom stereocenters. The van der Waals surface area contributed by atoms with Crippen molar-refractivity contribution in [3.8, 4) is 11.1 Å². The van der Waals surface area contributed by atoms with Gasteiger partial charge in [-0.25, -0.2) is 9.78 Å². The fourth-order valence-electron chi connectivity index (χ4n) is 4.65. The number of ether oxygens (including phenoxy) is 1. The molecule has 180 valence electrons. The average molecular weight is 478 g/mol. The van der Waals surface area contributed by atoms with Gasteiger partial charge in [0, 0.05) is 47.2 Å². The van der Waals surface area contributed by atoms with Crippen LogP contribution in [0.1, 0.15) is 54.2 Å². The summed E-state index contributed by atoms with van der Waals surface area (Å²) in [5.41, 5.74) is 2.44. The second-order valence-electron chi connectivity index (χ2n) is 9.05. The normalized spacial score (nSPS) is 15.9. The molecule has 4 rings (SSSR count). The van der Waals surface area contributed by atoms with Gasteiger partial charge in [-0.3, -0.25) is 4.90 Å². The van der Waals surface area contributed by atoms with Crippen molar-refractivity contribution < 1.29 is 9.53 Å². The number of anilines is 1. The summed E-state index contributed by atoms with van der Waals surface area (Å²) in [6, 6.07) is 16.9. The number of likely N-dealkylation sites (N-methyl/N-ethyl adjacent to an activating group) is 1. The Morgan fingerprint density at radius 2 is 1.91 bits per heavy atom. The number of nitrogens with zero attached hydrogens (tertiary/aromatic N) is 3. The Morgan fingerprint density at radius 3 is 2.59 bits per heavy atom. The number of carbonyl (C=O) groups is 1. The van der Waals surface area contributed by atoms with Crippen LogP contribution in [0.15, 0.2) is 54.7 Å². The van der Waals surface area contributed by atoms with Gasteiger partial charge in [-0.2, -0.15) is 0 Å². The lowest BCUT2D eigenvalue weighted by atomic mass is 10.0. The van der Waals surface area contributed by atoms with E-state index in [1.54, 1.807) is 0 Å². The van der Waals surface area contributed by atoms with Crippen molar-refractivity contribution in [1.82, 2.24) is 9.88 Å². The zero-order valence-corrected chi connectivity index (χ0v) is 21.5. The largest absolute Gasteiger partial charge is 0.459 e. The molecule has 1 saturated heterocycles. The number of hydrogen-bond donors (Lipinski definition) is 0. The molecule has 3 heterocycles. The van der Waals surface area contributed by atoms with E-state index < -0.39 is 0 Å². The summed E-state index contributed by atoms with van der Waals surface area (Å²) < 4.78 is 5.67. The first-order valence-electron chi connectivity index (χ1n) is 12.3. The fraction of sp³-hybridized carbons (Fsp3) is 0.429. The SMILES string of the molecule is CCc1ccc(CN(CC)[C@@H]2CCN(c3nccc(-c4ccccc4)c3C(=O)OC(C)C)C2)s1. The zero-order chi connectivity index (χ0) is 24.1. The van der Waals surface area contributed by atoms with Crippen LogP contribution in [0.4, 0.5) is 5.82 Å². The highest BCUT2D eigenvalue weighted by Crippen LogP contribution is 2.33. The van der Waals surface area contributed by atoms with Crippen molar-refractivity contribution in [2.75, 3.05) is 24.5 Å². The summed E-state index contributed by atoms with van der Waals surface area (Å²) in [5.74, 6) is 0.424. The second kappa shape index (κ2) is 11.2. The molecule has 2 aromatic heterocycles. The van der Waals surface area contributed by atoms with Crippen molar-refractivity contribution in [2.45, 2.75) is 59.2 Å². The molecule has 1 fully saturated rings. The highest BCUT2D eigenvalue weighted by Gasteiger charge is 2.32. The Morgan fingerprint density at radius 1 is 1.15 bits per heavy atom. The number of pyridine rings is 1. The zero-order valence-electron chi connectivity index (χ0n) is 20.7. The molecule has 0 N–H and O–H groups in total. The van der Waals surface area contributed by atoms with Crippen molar-refractivity contribution in [3.05, 3.63) is 70.0 Å². The number of esters is 1. The lowest BCUT2D eigenvalue weighted by Crippen LogP contribution is -2.37. The highest BCUT2D eigenvalue weighted by atomic mass is 32.1. The summed E-state index contributed by atoms with van der Waals surface area (Å²) >= 11 is 1.92. The first-order valence-corrected chi connectivity index (χ1v) is 13.1. The molecule has 5 nitrogen and oxygen atoms in total. The van der Waals surface area contributed by atoms with Crippen LogP contribution < -0.4 is 4.90 Å². The average Bonchev–Trinajstić information content (AvgIpc) is 3.52. The van der Waals surface area contributed by atoms with E-state index in [1.165, 1.54) is 9.75 Å². The summed E-state index contributed by atoms with van der Waals surface area (Å²) in [5, 5.41) is 0. The lowest BCUT2D eigenvalue weighted by Gasteiger charge is -2.28. The monoisotopic (exact) mass is 477 g/mol. The quantitative estimate of drug-likeness (QED) is 0.352. The maximum absolute atomic E-state index is 13.3. The molecule has 1 aromatic carbocycles. The molecule has 0 bridgehead atoms. The number of rotatable bonds is 9. The van der Waals surface area contributed by atoms with Crippen LogP contribution in [0.3, 0.4) is 0 Å². The van der Waals surface area contributed by atoms with Crippen LogP contribution in [0, 0.1) is 0 Å². The Balaban J connectivity index is 1.60. The summed E-state index contributed by atoms with van der Waals surface area (Å²) in [7, 11) is 0. The molecular formula is C28H35N3O2S. The molecule has 1 aliphatic rings. The molecule has 3 aromatic rings. The summed E-state index contributed by atoms with van der Waals surface area (Å²) in [6.07, 6.45) is 3.76. The minimum Gasteiger partial charge on any atom is -0.459 e. The third-order valence-electron chi connectivity index (χ3n) is 6.37. The van der Waals surface area contributed by atoms with E-state index in [-0.39, 0.29) is 12.1 Å². The number of benzene rings is 1. The minimum atomic E-state index is -0.307. The van der Waals surface area contributed by atoms with E-state index in [0.29, 0.717) is 11.6 Å². The molecule has 1 aliphatic heterocycles. The van der Waals surface area contributed by atoms with Crippen LogP contribution in [0.5, 0.6) is 0 Å². The molecule has 0 amide bonds. The number of aromatic nitrogens is 1. The summed E-state index contributed by atoms with van der Waals surface area (Å²) in [4.78, 5) is 25.7. The fourth-order valence-corrected chi connectivity index (χ4v) is 5.64. The van der Waals surface area contributed by atoms with E-state index >= 15 is 0 Å². The van der Waals surface area contributed by atoms with Gasteiger partial charge in [-0.1, -0.05) is 44.2 Å². The molecular weight excluding hydrogens is 442 g/mol. The van der Waals surface area contributed by atoms with Gasteiger partial charge in [0.1, 0.15) is 11.4 Å². The minimum absolute atomic E-state index is 0.190. The van der Waals surface area contributed by atoms with Gasteiger partial charge in [-0.05, 0) is 57.0 Å². The number of thiophene rings is 1. The van der Waals surface area contributed by atoms with Crippen LogP contribution in [0.25, 0.3) is 11.1 Å². The van der Waals surface area contributed by atoms with E-state index in [9.17, 15) is 4.79 Å². The second-order valence-corrected chi connectivity index (χ2v) is 10.3. The Bertz CT molecular complexity index is 1100. The lowest BCUT2D eigenvalue weighted by molar-refractivity contribution is 0.0379. The predicted octanol–water partition coefficient (Wildman–Crippen LogP) is 6.04. The van der Waals surface area contributed by atoms with Gasteiger partial charge >= 0.3 is 5.97 Å². The maximum atomic E-state index is 13.3. The molecule has 0 aliphatic carbocycles. The molecule has 0 saturated carbocycles. The third kappa shape index (κ3) is 5.50. The highest BCUT2D eigenvalue weighted by molar-refractivity contribution is 7.11.